The van der Waals surface area contributed by atoms with Crippen LogP contribution in [0.4, 0.5) is 5.13 Å². The number of amides is 1. The number of hydrogen-bond acceptors (Lipinski definition) is 5. The molecule has 0 bridgehead atoms. The van der Waals surface area contributed by atoms with Gasteiger partial charge in [-0.2, -0.15) is 0 Å². The number of anilines is 1. The van der Waals surface area contributed by atoms with Crippen LogP contribution in [0.3, 0.4) is 0 Å². The first-order valence-electron chi connectivity index (χ1n) is 5.37. The Morgan fingerprint density at radius 2 is 2.10 bits per heavy atom. The van der Waals surface area contributed by atoms with Gasteiger partial charge in [0.05, 0.1) is 16.3 Å². The molecule has 21 heavy (non-hydrogen) atoms. The van der Waals surface area contributed by atoms with Crippen molar-refractivity contribution >= 4 is 69.6 Å². The third-order valence-electron chi connectivity index (χ3n) is 2.39. The third-order valence-corrected chi connectivity index (χ3v) is 6.94. The second kappa shape index (κ2) is 6.21. The average Bonchev–Trinajstić information content (AvgIpc) is 2.73. The Morgan fingerprint density at radius 1 is 1.43 bits per heavy atom. The number of carbonyl (C=O) groups is 1. The minimum atomic E-state index is -3.88. The molecule has 2 rings (SSSR count). The number of aromatic nitrogens is 1. The summed E-state index contributed by atoms with van der Waals surface area (Å²) in [5.41, 5.74) is 0.472. The van der Waals surface area contributed by atoms with E-state index in [1.807, 2.05) is 0 Å². The highest BCUT2D eigenvalue weighted by Gasteiger charge is 2.21. The maximum atomic E-state index is 12.1. The molecule has 1 amide bonds. The van der Waals surface area contributed by atoms with E-state index in [0.717, 1.165) is 11.3 Å². The fourth-order valence-corrected chi connectivity index (χ4v) is 4.43. The van der Waals surface area contributed by atoms with E-state index in [4.69, 9.17) is 22.3 Å². The summed E-state index contributed by atoms with van der Waals surface area (Å²) in [6.45, 7) is 1.49. The Labute approximate surface area is 142 Å². The van der Waals surface area contributed by atoms with E-state index in [1.54, 1.807) is 18.2 Å². The van der Waals surface area contributed by atoms with Crippen molar-refractivity contribution < 1.29 is 13.2 Å². The van der Waals surface area contributed by atoms with E-state index >= 15 is 0 Å². The van der Waals surface area contributed by atoms with E-state index in [0.29, 0.717) is 4.47 Å². The maximum absolute atomic E-state index is 12.1. The van der Waals surface area contributed by atoms with Crippen molar-refractivity contribution in [3.63, 3.8) is 0 Å². The Hall–Kier alpha value is -0.670. The first-order chi connectivity index (χ1) is 9.70. The first-order valence-corrected chi connectivity index (χ1v) is 9.67. The summed E-state index contributed by atoms with van der Waals surface area (Å²) >= 11 is 10.0. The predicted octanol–water partition coefficient (Wildman–Crippen LogP) is 4.05. The zero-order chi connectivity index (χ0) is 15.8. The first kappa shape index (κ1) is 16.7. The summed E-state index contributed by atoms with van der Waals surface area (Å²) in [6, 6.07) is 4.90. The van der Waals surface area contributed by atoms with Gasteiger partial charge < -0.3 is 0 Å². The molecule has 1 heterocycles. The summed E-state index contributed by atoms with van der Waals surface area (Å²) in [4.78, 5) is 16.1. The van der Waals surface area contributed by atoms with Crippen molar-refractivity contribution in [1.82, 2.24) is 4.98 Å². The molecule has 0 aliphatic heterocycles. The predicted molar refractivity (Wildman–Crippen MR) is 87.0 cm³/mol. The molecule has 0 spiro atoms. The number of thiazole rings is 1. The zero-order valence-electron chi connectivity index (χ0n) is 10.4. The lowest BCUT2D eigenvalue weighted by atomic mass is 10.2. The van der Waals surface area contributed by atoms with Crippen LogP contribution in [0.25, 0.3) is 0 Å². The second-order valence-electron chi connectivity index (χ2n) is 3.89. The van der Waals surface area contributed by atoms with Crippen molar-refractivity contribution in [2.45, 2.75) is 11.1 Å². The van der Waals surface area contributed by atoms with Gasteiger partial charge in [-0.3, -0.25) is 10.1 Å². The Bertz CT molecular complexity index is 821. The summed E-state index contributed by atoms with van der Waals surface area (Å²) in [5, 5.41) is 2.89. The van der Waals surface area contributed by atoms with Crippen LogP contribution in [0.2, 0.25) is 5.02 Å². The lowest BCUT2D eigenvalue weighted by Gasteiger charge is -2.05. The molecule has 10 heteroatoms. The zero-order valence-corrected chi connectivity index (χ0v) is 15.1. The Kier molecular flexibility index (Phi) is 4.94. The van der Waals surface area contributed by atoms with Crippen LogP contribution >= 0.6 is 49.6 Å². The number of nitrogens with zero attached hydrogens (tertiary/aromatic N) is 1. The van der Waals surface area contributed by atoms with Crippen LogP contribution in [-0.4, -0.2) is 19.3 Å². The van der Waals surface area contributed by atoms with Crippen LogP contribution < -0.4 is 5.32 Å². The van der Waals surface area contributed by atoms with Crippen LogP contribution in [-0.2, 0) is 9.05 Å². The smallest absolute Gasteiger partial charge is 0.272 e. The van der Waals surface area contributed by atoms with Crippen LogP contribution in [0.5, 0.6) is 0 Å². The SMILES string of the molecule is Cc1nc(NC(=O)c2cccc(Br)c2Cl)sc1S(=O)(=O)Cl. The molecule has 1 aromatic heterocycles. The van der Waals surface area contributed by atoms with Crippen molar-refractivity contribution in [3.05, 3.63) is 39.0 Å². The molecule has 0 saturated heterocycles. The van der Waals surface area contributed by atoms with Gasteiger partial charge in [0.1, 0.15) is 0 Å². The lowest BCUT2D eigenvalue weighted by molar-refractivity contribution is 0.102. The second-order valence-corrected chi connectivity index (χ2v) is 8.88. The van der Waals surface area contributed by atoms with Gasteiger partial charge >= 0.3 is 0 Å². The van der Waals surface area contributed by atoms with Gasteiger partial charge in [0.15, 0.2) is 9.34 Å². The molecule has 0 fully saturated rings. The monoisotopic (exact) mass is 428 g/mol. The number of benzene rings is 1. The van der Waals surface area contributed by atoms with Crippen molar-refractivity contribution in [1.29, 1.82) is 0 Å². The number of nitrogens with one attached hydrogen (secondary N) is 1. The molecule has 0 saturated carbocycles. The van der Waals surface area contributed by atoms with E-state index in [9.17, 15) is 13.2 Å². The number of aryl methyl sites for hydroxylation is 1. The summed E-state index contributed by atoms with van der Waals surface area (Å²) in [7, 11) is 1.39. The largest absolute Gasteiger partial charge is 0.298 e. The molecule has 2 aromatic rings. The molecular formula is C11H7BrCl2N2O3S2. The van der Waals surface area contributed by atoms with E-state index in [-0.39, 0.29) is 25.6 Å². The maximum Gasteiger partial charge on any atom is 0.272 e. The van der Waals surface area contributed by atoms with Gasteiger partial charge in [-0.15, -0.1) is 0 Å². The Balaban J connectivity index is 2.31. The van der Waals surface area contributed by atoms with Gasteiger partial charge in [-0.25, -0.2) is 13.4 Å². The highest BCUT2D eigenvalue weighted by Crippen LogP contribution is 2.31. The summed E-state index contributed by atoms with van der Waals surface area (Å²) in [6.07, 6.45) is 0. The average molecular weight is 430 g/mol. The third kappa shape index (κ3) is 3.75. The van der Waals surface area contributed by atoms with Gasteiger partial charge in [-0.1, -0.05) is 29.0 Å². The highest BCUT2D eigenvalue weighted by molar-refractivity contribution is 9.10. The lowest BCUT2D eigenvalue weighted by Crippen LogP contribution is -2.12. The van der Waals surface area contributed by atoms with Crippen LogP contribution in [0.15, 0.2) is 26.9 Å². The standard InChI is InChI=1S/C11H7BrCl2N2O3S2/c1-5-10(21(14,18)19)20-11(15-5)16-9(17)6-3-2-4-7(12)8(6)13/h2-4H,1H3,(H,15,16,17). The summed E-state index contributed by atoms with van der Waals surface area (Å²) in [5.74, 6) is -0.492. The van der Waals surface area contributed by atoms with Gasteiger partial charge in [-0.05, 0) is 35.0 Å². The molecule has 5 nitrogen and oxygen atoms in total. The molecule has 0 radical (unpaired) electrons. The number of hydrogen-bond donors (Lipinski definition) is 1. The van der Waals surface area contributed by atoms with E-state index in [2.05, 4.69) is 26.2 Å². The molecular weight excluding hydrogens is 423 g/mol. The molecule has 112 valence electrons. The molecule has 0 aliphatic rings. The fraction of sp³-hybridized carbons (Fsp3) is 0.0909. The van der Waals surface area contributed by atoms with Crippen LogP contribution in [0.1, 0.15) is 16.1 Å². The fourth-order valence-electron chi connectivity index (χ4n) is 1.51. The minimum absolute atomic E-state index is 0.0974. The molecule has 0 aliphatic carbocycles. The van der Waals surface area contributed by atoms with Crippen molar-refractivity contribution in [2.24, 2.45) is 0 Å². The molecule has 0 unspecified atom stereocenters. The quantitative estimate of drug-likeness (QED) is 0.746. The normalized spacial score (nSPS) is 11.4. The molecule has 1 aromatic carbocycles. The topological polar surface area (TPSA) is 76.1 Å². The highest BCUT2D eigenvalue weighted by atomic mass is 79.9. The van der Waals surface area contributed by atoms with Crippen molar-refractivity contribution in [2.75, 3.05) is 5.32 Å². The number of halogens is 3. The van der Waals surface area contributed by atoms with Gasteiger partial charge in [0.2, 0.25) is 0 Å². The molecule has 0 atom stereocenters. The molecule has 1 N–H and O–H groups in total. The van der Waals surface area contributed by atoms with Gasteiger partial charge in [0.25, 0.3) is 15.0 Å². The van der Waals surface area contributed by atoms with Gasteiger partial charge in [0, 0.05) is 15.2 Å². The van der Waals surface area contributed by atoms with Crippen LogP contribution in [0, 0.1) is 6.92 Å². The van der Waals surface area contributed by atoms with Crippen molar-refractivity contribution in [3.8, 4) is 0 Å². The van der Waals surface area contributed by atoms with E-state index < -0.39 is 15.0 Å². The number of rotatable bonds is 3. The summed E-state index contributed by atoms with van der Waals surface area (Å²) < 4.78 is 23.1. The minimum Gasteiger partial charge on any atom is -0.298 e. The van der Waals surface area contributed by atoms with E-state index in [1.165, 1.54) is 6.92 Å². The Morgan fingerprint density at radius 3 is 2.67 bits per heavy atom. The number of carbonyl (C=O) groups excluding carboxylic acids is 1.